The van der Waals surface area contributed by atoms with Crippen LogP contribution in [0, 0.1) is 0 Å². The molecule has 4 heteroatoms. The van der Waals surface area contributed by atoms with Gasteiger partial charge in [0.15, 0.2) is 6.61 Å². The summed E-state index contributed by atoms with van der Waals surface area (Å²) in [6, 6.07) is 21.9. The lowest BCUT2D eigenvalue weighted by Crippen LogP contribution is -2.25. The van der Waals surface area contributed by atoms with Gasteiger partial charge in [0, 0.05) is 5.56 Å². The highest BCUT2D eigenvalue weighted by Gasteiger charge is 2.10. The summed E-state index contributed by atoms with van der Waals surface area (Å²) in [6.45, 7) is 4.22. The third-order valence-electron chi connectivity index (χ3n) is 4.64. The maximum Gasteiger partial charge on any atom is 0.277 e. The molecule has 4 nitrogen and oxygen atoms in total. The zero-order valence-electron chi connectivity index (χ0n) is 15.7. The van der Waals surface area contributed by atoms with Gasteiger partial charge in [-0.1, -0.05) is 74.5 Å². The molecule has 0 aliphatic heterocycles. The Morgan fingerprint density at radius 2 is 1.81 bits per heavy atom. The van der Waals surface area contributed by atoms with Crippen molar-refractivity contribution < 1.29 is 9.53 Å². The summed E-state index contributed by atoms with van der Waals surface area (Å²) >= 11 is 0. The number of rotatable bonds is 7. The number of hydrogen-bond acceptors (Lipinski definition) is 3. The number of carbonyl (C=O) groups is 1. The lowest BCUT2D eigenvalue weighted by molar-refractivity contribution is -0.123. The number of nitrogens with zero attached hydrogens (tertiary/aromatic N) is 1. The molecule has 0 saturated heterocycles. The van der Waals surface area contributed by atoms with E-state index in [1.165, 1.54) is 0 Å². The molecule has 1 atom stereocenters. The van der Waals surface area contributed by atoms with E-state index >= 15 is 0 Å². The average Bonchev–Trinajstić information content (AvgIpc) is 2.72. The summed E-state index contributed by atoms with van der Waals surface area (Å²) < 4.78 is 5.71. The quantitative estimate of drug-likeness (QED) is 0.482. The van der Waals surface area contributed by atoms with E-state index < -0.39 is 0 Å². The van der Waals surface area contributed by atoms with Gasteiger partial charge in [-0.15, -0.1) is 0 Å². The standard InChI is InChI=1S/C23H24N2O2/c1-3-17(2)20-12-6-7-14-22(20)27-16-23(26)25-24-15-19-11-8-10-18-9-4-5-13-21(18)19/h4-15,17H,3,16H2,1-2H3,(H,25,26). The topological polar surface area (TPSA) is 50.7 Å². The van der Waals surface area contributed by atoms with Crippen LogP contribution in [-0.4, -0.2) is 18.7 Å². The van der Waals surface area contributed by atoms with Crippen LogP contribution in [0.2, 0.25) is 0 Å². The molecular weight excluding hydrogens is 336 g/mol. The van der Waals surface area contributed by atoms with Crippen LogP contribution in [0.1, 0.15) is 37.3 Å². The van der Waals surface area contributed by atoms with Gasteiger partial charge in [0.05, 0.1) is 6.21 Å². The summed E-state index contributed by atoms with van der Waals surface area (Å²) in [4.78, 5) is 12.1. The Kier molecular flexibility index (Phi) is 6.21. The number of amides is 1. The van der Waals surface area contributed by atoms with Crippen LogP contribution in [0.4, 0.5) is 0 Å². The first-order valence-electron chi connectivity index (χ1n) is 9.20. The number of para-hydroxylation sites is 1. The first-order valence-corrected chi connectivity index (χ1v) is 9.20. The van der Waals surface area contributed by atoms with Crippen molar-refractivity contribution in [1.29, 1.82) is 0 Å². The second kappa shape index (κ2) is 8.99. The molecule has 3 rings (SSSR count). The van der Waals surface area contributed by atoms with Crippen molar-refractivity contribution in [2.75, 3.05) is 6.61 Å². The van der Waals surface area contributed by atoms with E-state index in [0.717, 1.165) is 34.1 Å². The Balaban J connectivity index is 1.60. The lowest BCUT2D eigenvalue weighted by Gasteiger charge is -2.15. The van der Waals surface area contributed by atoms with Gasteiger partial charge in [0.1, 0.15) is 5.75 Å². The Bertz CT molecular complexity index is 945. The predicted octanol–water partition coefficient (Wildman–Crippen LogP) is 4.88. The highest BCUT2D eigenvalue weighted by Crippen LogP contribution is 2.28. The summed E-state index contributed by atoms with van der Waals surface area (Å²) in [5.41, 5.74) is 4.61. The molecule has 3 aromatic carbocycles. The molecule has 0 radical (unpaired) electrons. The monoisotopic (exact) mass is 360 g/mol. The third kappa shape index (κ3) is 4.73. The maximum absolute atomic E-state index is 12.1. The number of ether oxygens (including phenoxy) is 1. The molecule has 0 aliphatic carbocycles. The van der Waals surface area contributed by atoms with Gasteiger partial charge >= 0.3 is 0 Å². The van der Waals surface area contributed by atoms with Crippen molar-refractivity contribution in [2.24, 2.45) is 5.10 Å². The molecule has 0 heterocycles. The highest BCUT2D eigenvalue weighted by atomic mass is 16.5. The van der Waals surface area contributed by atoms with E-state index in [9.17, 15) is 4.79 Å². The molecule has 0 saturated carbocycles. The van der Waals surface area contributed by atoms with Gasteiger partial charge < -0.3 is 4.74 Å². The molecule has 0 fully saturated rings. The second-order valence-corrected chi connectivity index (χ2v) is 6.50. The number of carbonyl (C=O) groups excluding carboxylic acids is 1. The molecule has 27 heavy (non-hydrogen) atoms. The van der Waals surface area contributed by atoms with Crippen LogP contribution in [-0.2, 0) is 4.79 Å². The number of fused-ring (bicyclic) bond motifs is 1. The van der Waals surface area contributed by atoms with Gasteiger partial charge in [-0.2, -0.15) is 5.10 Å². The minimum absolute atomic E-state index is 0.0691. The Hall–Kier alpha value is -3.14. The molecular formula is C23H24N2O2. The summed E-state index contributed by atoms with van der Waals surface area (Å²) in [6.07, 6.45) is 2.68. The SMILES string of the molecule is CCC(C)c1ccccc1OCC(=O)NN=Cc1cccc2ccccc12. The Morgan fingerprint density at radius 1 is 1.07 bits per heavy atom. The molecule has 1 unspecified atom stereocenters. The predicted molar refractivity (Wildman–Crippen MR) is 110 cm³/mol. The van der Waals surface area contributed by atoms with E-state index in [2.05, 4.69) is 24.4 Å². The van der Waals surface area contributed by atoms with Crippen LogP contribution >= 0.6 is 0 Å². The zero-order valence-corrected chi connectivity index (χ0v) is 15.7. The number of nitrogens with one attached hydrogen (secondary N) is 1. The van der Waals surface area contributed by atoms with Crippen LogP contribution < -0.4 is 10.2 Å². The molecule has 0 bridgehead atoms. The second-order valence-electron chi connectivity index (χ2n) is 6.50. The number of hydrazone groups is 1. The van der Waals surface area contributed by atoms with E-state index in [0.29, 0.717) is 5.92 Å². The van der Waals surface area contributed by atoms with Crippen molar-refractivity contribution in [3.63, 3.8) is 0 Å². The number of benzene rings is 3. The third-order valence-corrected chi connectivity index (χ3v) is 4.64. The summed E-state index contributed by atoms with van der Waals surface area (Å²) in [7, 11) is 0. The first-order chi connectivity index (χ1) is 13.2. The zero-order chi connectivity index (χ0) is 19.1. The van der Waals surface area contributed by atoms with Crippen LogP contribution in [0.25, 0.3) is 10.8 Å². The van der Waals surface area contributed by atoms with Gasteiger partial charge in [0.25, 0.3) is 5.91 Å². The highest BCUT2D eigenvalue weighted by molar-refractivity contribution is 5.99. The smallest absolute Gasteiger partial charge is 0.277 e. The fourth-order valence-electron chi connectivity index (χ4n) is 2.95. The summed E-state index contributed by atoms with van der Waals surface area (Å²) in [5, 5.41) is 6.30. The van der Waals surface area contributed by atoms with Gasteiger partial charge in [-0.05, 0) is 34.7 Å². The van der Waals surface area contributed by atoms with Crippen molar-refractivity contribution >= 4 is 22.9 Å². The van der Waals surface area contributed by atoms with Crippen LogP contribution in [0.3, 0.4) is 0 Å². The summed E-state index contributed by atoms with van der Waals surface area (Å²) in [5.74, 6) is 0.846. The Morgan fingerprint density at radius 3 is 2.67 bits per heavy atom. The molecule has 138 valence electrons. The molecule has 1 amide bonds. The average molecular weight is 360 g/mol. The van der Waals surface area contributed by atoms with E-state index in [1.54, 1.807) is 6.21 Å². The fourth-order valence-corrected chi connectivity index (χ4v) is 2.95. The van der Waals surface area contributed by atoms with E-state index in [1.807, 2.05) is 66.7 Å². The first kappa shape index (κ1) is 18.6. The largest absolute Gasteiger partial charge is 0.483 e. The van der Waals surface area contributed by atoms with Crippen molar-refractivity contribution in [2.45, 2.75) is 26.2 Å². The molecule has 0 aromatic heterocycles. The van der Waals surface area contributed by atoms with Crippen molar-refractivity contribution in [1.82, 2.24) is 5.43 Å². The molecule has 3 aromatic rings. The molecule has 1 N–H and O–H groups in total. The van der Waals surface area contributed by atoms with Gasteiger partial charge in [0.2, 0.25) is 0 Å². The maximum atomic E-state index is 12.1. The molecule has 0 spiro atoms. The van der Waals surface area contributed by atoms with Gasteiger partial charge in [-0.3, -0.25) is 4.79 Å². The Labute approximate surface area is 159 Å². The minimum Gasteiger partial charge on any atom is -0.483 e. The lowest BCUT2D eigenvalue weighted by atomic mass is 9.98. The molecule has 0 aliphatic rings. The normalized spacial score (nSPS) is 12.2. The number of hydrogen-bond donors (Lipinski definition) is 1. The van der Waals surface area contributed by atoms with Crippen LogP contribution in [0.15, 0.2) is 71.8 Å². The minimum atomic E-state index is -0.287. The van der Waals surface area contributed by atoms with Crippen molar-refractivity contribution in [3.05, 3.63) is 77.9 Å². The van der Waals surface area contributed by atoms with Crippen LogP contribution in [0.5, 0.6) is 5.75 Å². The van der Waals surface area contributed by atoms with E-state index in [-0.39, 0.29) is 12.5 Å². The van der Waals surface area contributed by atoms with E-state index in [4.69, 9.17) is 4.74 Å². The fraction of sp³-hybridized carbons (Fsp3) is 0.217. The van der Waals surface area contributed by atoms with Crippen molar-refractivity contribution in [3.8, 4) is 5.75 Å². The van der Waals surface area contributed by atoms with Gasteiger partial charge in [-0.25, -0.2) is 5.43 Å².